The van der Waals surface area contributed by atoms with Crippen molar-refractivity contribution in [3.05, 3.63) is 58.6 Å². The third kappa shape index (κ3) is 4.08. The Kier molecular flexibility index (Phi) is 6.34. The second kappa shape index (κ2) is 9.01. The summed E-state index contributed by atoms with van der Waals surface area (Å²) in [5.41, 5.74) is 1.04. The van der Waals surface area contributed by atoms with Crippen LogP contribution in [0.25, 0.3) is 0 Å². The van der Waals surface area contributed by atoms with Crippen LogP contribution in [-0.4, -0.2) is 66.1 Å². The molecule has 0 radical (unpaired) electrons. The van der Waals surface area contributed by atoms with E-state index in [0.717, 1.165) is 5.75 Å². The Morgan fingerprint density at radius 3 is 2.23 bits per heavy atom. The molecule has 2 aromatic rings. The average molecular weight is 461 g/mol. The predicted octanol–water partition coefficient (Wildman–Crippen LogP) is 4.18. The van der Waals surface area contributed by atoms with Crippen LogP contribution in [0.4, 0.5) is 0 Å². The van der Waals surface area contributed by atoms with Gasteiger partial charge in [0.2, 0.25) is 0 Å². The smallest absolute Gasteiger partial charge is 0.261 e. The molecule has 1 spiro atoms. The number of benzene rings is 2. The molecule has 0 bridgehead atoms. The number of amides is 2. The topological polar surface area (TPSA) is 59.1 Å². The van der Waals surface area contributed by atoms with E-state index in [4.69, 9.17) is 21.1 Å². The molecule has 2 saturated heterocycles. The molecule has 2 aliphatic rings. The summed E-state index contributed by atoms with van der Waals surface area (Å²) in [5.74, 6) is 1.77. The van der Waals surface area contributed by atoms with E-state index >= 15 is 0 Å². The Morgan fingerprint density at radius 2 is 1.61 bits per heavy atom. The van der Waals surface area contributed by atoms with Gasteiger partial charge in [-0.1, -0.05) is 23.7 Å². The lowest BCUT2D eigenvalue weighted by Gasteiger charge is -2.44. The van der Waals surface area contributed by atoms with Crippen LogP contribution in [0.15, 0.2) is 42.5 Å². The van der Waals surface area contributed by atoms with E-state index in [1.54, 1.807) is 56.7 Å². The number of carbonyl (C=O) groups is 2. The van der Waals surface area contributed by atoms with Gasteiger partial charge in [0.15, 0.2) is 0 Å². The summed E-state index contributed by atoms with van der Waals surface area (Å²) in [7, 11) is 3.09. The zero-order chi connectivity index (χ0) is 22.0. The van der Waals surface area contributed by atoms with Gasteiger partial charge in [-0.25, -0.2) is 0 Å². The zero-order valence-corrected chi connectivity index (χ0v) is 19.2. The van der Waals surface area contributed by atoms with Crippen LogP contribution in [0, 0.1) is 0 Å². The first-order chi connectivity index (χ1) is 15.0. The van der Waals surface area contributed by atoms with E-state index in [-0.39, 0.29) is 16.7 Å². The van der Waals surface area contributed by atoms with Crippen LogP contribution in [-0.2, 0) is 0 Å². The molecule has 8 heteroatoms. The van der Waals surface area contributed by atoms with Gasteiger partial charge >= 0.3 is 0 Å². The summed E-state index contributed by atoms with van der Waals surface area (Å²) in [5, 5.41) is 0.554. The lowest BCUT2D eigenvalue weighted by molar-refractivity contribution is 0.0495. The van der Waals surface area contributed by atoms with Crippen molar-refractivity contribution in [3.63, 3.8) is 0 Å². The molecule has 2 heterocycles. The van der Waals surface area contributed by atoms with E-state index in [1.807, 2.05) is 21.6 Å². The van der Waals surface area contributed by atoms with E-state index in [1.165, 1.54) is 0 Å². The minimum atomic E-state index is -0.291. The van der Waals surface area contributed by atoms with Crippen molar-refractivity contribution in [1.82, 2.24) is 9.80 Å². The van der Waals surface area contributed by atoms with E-state index in [9.17, 15) is 9.59 Å². The Balaban J connectivity index is 1.51. The molecule has 2 aromatic carbocycles. The van der Waals surface area contributed by atoms with Crippen molar-refractivity contribution in [3.8, 4) is 11.5 Å². The van der Waals surface area contributed by atoms with Crippen molar-refractivity contribution in [2.24, 2.45) is 0 Å². The second-order valence-electron chi connectivity index (χ2n) is 7.59. The molecule has 0 N–H and O–H groups in total. The van der Waals surface area contributed by atoms with Crippen LogP contribution in [0.2, 0.25) is 5.02 Å². The molecule has 0 atom stereocenters. The SMILES string of the molecule is COc1cccc(OC)c1C(=O)N1CCC2(CC1)SCCN2C(=O)c1cccc(Cl)c1. The van der Waals surface area contributed by atoms with Gasteiger partial charge in [0.25, 0.3) is 11.8 Å². The fourth-order valence-electron chi connectivity index (χ4n) is 4.37. The van der Waals surface area contributed by atoms with Gasteiger partial charge in [-0.3, -0.25) is 9.59 Å². The van der Waals surface area contributed by atoms with Gasteiger partial charge in [-0.05, 0) is 43.2 Å². The molecule has 4 rings (SSSR count). The minimum Gasteiger partial charge on any atom is -0.496 e. The first-order valence-corrected chi connectivity index (χ1v) is 11.6. The molecule has 0 unspecified atom stereocenters. The van der Waals surface area contributed by atoms with Gasteiger partial charge in [-0.2, -0.15) is 0 Å². The summed E-state index contributed by atoms with van der Waals surface area (Å²) in [6, 6.07) is 12.4. The molecule has 0 aromatic heterocycles. The number of ether oxygens (including phenoxy) is 2. The molecular weight excluding hydrogens is 436 g/mol. The third-order valence-electron chi connectivity index (χ3n) is 5.97. The monoisotopic (exact) mass is 460 g/mol. The number of thioether (sulfide) groups is 1. The first-order valence-electron chi connectivity index (χ1n) is 10.2. The number of carbonyl (C=O) groups excluding carboxylic acids is 2. The maximum absolute atomic E-state index is 13.3. The Labute approximate surface area is 191 Å². The van der Waals surface area contributed by atoms with Gasteiger partial charge < -0.3 is 19.3 Å². The molecule has 2 amide bonds. The molecule has 0 aliphatic carbocycles. The number of hydrogen-bond acceptors (Lipinski definition) is 5. The van der Waals surface area contributed by atoms with Crippen molar-refractivity contribution in [1.29, 1.82) is 0 Å². The predicted molar refractivity (Wildman–Crippen MR) is 122 cm³/mol. The molecule has 0 saturated carbocycles. The first kappa shape index (κ1) is 21.8. The van der Waals surface area contributed by atoms with Crippen LogP contribution in [0.3, 0.4) is 0 Å². The van der Waals surface area contributed by atoms with Crippen LogP contribution in [0.1, 0.15) is 33.6 Å². The minimum absolute atomic E-state index is 0.00123. The quantitative estimate of drug-likeness (QED) is 0.685. The fraction of sp³-hybridized carbons (Fsp3) is 0.391. The van der Waals surface area contributed by atoms with E-state index in [0.29, 0.717) is 60.1 Å². The standard InChI is InChI=1S/C23H25ClN2O4S/c1-29-18-7-4-8-19(30-2)20(18)22(28)25-11-9-23(10-12-25)26(13-14-31-23)21(27)16-5-3-6-17(24)15-16/h3-8,15H,9-14H2,1-2H3. The molecule has 2 aliphatic heterocycles. The second-order valence-corrected chi connectivity index (χ2v) is 9.48. The Morgan fingerprint density at radius 1 is 0.968 bits per heavy atom. The highest BCUT2D eigenvalue weighted by Crippen LogP contribution is 2.45. The van der Waals surface area contributed by atoms with E-state index in [2.05, 4.69) is 0 Å². The summed E-state index contributed by atoms with van der Waals surface area (Å²) in [6.45, 7) is 1.82. The van der Waals surface area contributed by atoms with Gasteiger partial charge in [-0.15, -0.1) is 11.8 Å². The third-order valence-corrected chi connectivity index (χ3v) is 7.76. The summed E-state index contributed by atoms with van der Waals surface area (Å²) in [4.78, 5) is 30.0. The summed E-state index contributed by atoms with van der Waals surface area (Å²) >= 11 is 7.90. The maximum Gasteiger partial charge on any atom is 0.261 e. The number of methoxy groups -OCH3 is 2. The van der Waals surface area contributed by atoms with Gasteiger partial charge in [0.05, 0.1) is 19.1 Å². The Bertz CT molecular complexity index is 969. The lowest BCUT2D eigenvalue weighted by Crippen LogP contribution is -2.53. The highest BCUT2D eigenvalue weighted by atomic mass is 35.5. The zero-order valence-electron chi connectivity index (χ0n) is 17.6. The molecule has 6 nitrogen and oxygen atoms in total. The lowest BCUT2D eigenvalue weighted by atomic mass is 9.99. The number of halogens is 1. The Hall–Kier alpha value is -2.38. The maximum atomic E-state index is 13.3. The molecule has 164 valence electrons. The number of piperidine rings is 1. The van der Waals surface area contributed by atoms with Crippen molar-refractivity contribution in [2.75, 3.05) is 39.6 Å². The van der Waals surface area contributed by atoms with Crippen molar-refractivity contribution < 1.29 is 19.1 Å². The van der Waals surface area contributed by atoms with Gasteiger partial charge in [0, 0.05) is 36.0 Å². The van der Waals surface area contributed by atoms with Crippen molar-refractivity contribution in [2.45, 2.75) is 17.7 Å². The van der Waals surface area contributed by atoms with Crippen LogP contribution in [0.5, 0.6) is 11.5 Å². The largest absolute Gasteiger partial charge is 0.496 e. The number of nitrogens with zero attached hydrogens (tertiary/aromatic N) is 2. The number of likely N-dealkylation sites (tertiary alicyclic amines) is 1. The highest BCUT2D eigenvalue weighted by Gasteiger charge is 2.47. The number of hydrogen-bond donors (Lipinski definition) is 0. The molecule has 2 fully saturated rings. The van der Waals surface area contributed by atoms with Crippen molar-refractivity contribution >= 4 is 35.2 Å². The van der Waals surface area contributed by atoms with Gasteiger partial charge in [0.1, 0.15) is 17.1 Å². The highest BCUT2D eigenvalue weighted by molar-refractivity contribution is 8.00. The van der Waals surface area contributed by atoms with Crippen LogP contribution < -0.4 is 9.47 Å². The molecular formula is C23H25ClN2O4S. The fourth-order valence-corrected chi connectivity index (χ4v) is 6.01. The van der Waals surface area contributed by atoms with E-state index < -0.39 is 0 Å². The summed E-state index contributed by atoms with van der Waals surface area (Å²) in [6.07, 6.45) is 1.43. The van der Waals surface area contributed by atoms with Crippen LogP contribution >= 0.6 is 23.4 Å². The average Bonchev–Trinajstić information content (AvgIpc) is 3.20. The number of rotatable bonds is 4. The summed E-state index contributed by atoms with van der Waals surface area (Å²) < 4.78 is 10.8. The normalized spacial score (nSPS) is 17.6. The molecule has 31 heavy (non-hydrogen) atoms.